The van der Waals surface area contributed by atoms with Crippen molar-refractivity contribution in [2.75, 3.05) is 43.8 Å². The molecular formula is C29H33F2N7O4S. The molecule has 1 amide bonds. The number of anilines is 1. The van der Waals surface area contributed by atoms with Gasteiger partial charge in [0.1, 0.15) is 22.8 Å². The molecular weight excluding hydrogens is 580 g/mol. The molecule has 0 aromatic carbocycles. The van der Waals surface area contributed by atoms with E-state index in [0.29, 0.717) is 52.8 Å². The second kappa shape index (κ2) is 9.88. The van der Waals surface area contributed by atoms with Crippen molar-refractivity contribution >= 4 is 38.4 Å². The summed E-state index contributed by atoms with van der Waals surface area (Å²) in [6.45, 7) is 2.53. The van der Waals surface area contributed by atoms with E-state index in [4.69, 9.17) is 9.72 Å². The van der Waals surface area contributed by atoms with Gasteiger partial charge in [-0.2, -0.15) is 13.1 Å². The molecule has 3 aliphatic rings. The van der Waals surface area contributed by atoms with Crippen LogP contribution in [-0.2, 0) is 16.6 Å². The maximum Gasteiger partial charge on any atom is 0.329 e. The largest absolute Gasteiger partial charge is 0.482 e. The Morgan fingerprint density at radius 1 is 1.21 bits per heavy atom. The number of methoxy groups -OCH3 is 1. The van der Waals surface area contributed by atoms with Gasteiger partial charge in [0.15, 0.2) is 5.88 Å². The Morgan fingerprint density at radius 3 is 2.58 bits per heavy atom. The summed E-state index contributed by atoms with van der Waals surface area (Å²) < 4.78 is 61.5. The van der Waals surface area contributed by atoms with E-state index in [0.717, 1.165) is 56.5 Å². The molecule has 0 atom stereocenters. The van der Waals surface area contributed by atoms with Gasteiger partial charge in [-0.05, 0) is 56.4 Å². The van der Waals surface area contributed by atoms with E-state index >= 15 is 0 Å². The van der Waals surface area contributed by atoms with E-state index in [9.17, 15) is 22.0 Å². The van der Waals surface area contributed by atoms with Gasteiger partial charge in [0.05, 0.1) is 24.8 Å². The highest BCUT2D eigenvalue weighted by molar-refractivity contribution is 7.92. The van der Waals surface area contributed by atoms with Crippen molar-refractivity contribution in [2.45, 2.75) is 39.3 Å². The van der Waals surface area contributed by atoms with Crippen molar-refractivity contribution in [3.8, 4) is 17.3 Å². The number of nitrogens with one attached hydrogen (secondary N) is 1. The summed E-state index contributed by atoms with van der Waals surface area (Å²) in [5.74, 6) is 0.472. The Balaban J connectivity index is 1.33. The standard InChI is InChI=1S/C29H33F2N7O4S/c1-17-25(33-23-11-20(12-24(42-2)37(17)23)27(39)35-9-8-29(16-35)14-32-15-29)21-10-19-6-7-22(38(28(30)31)43(3,40)41)34-26(19)36(21)13-18-4-5-18/h6-7,10-12,18,28,32H,4-5,8-9,13-16H2,1-3H3. The molecule has 1 aliphatic carbocycles. The van der Waals surface area contributed by atoms with Crippen molar-refractivity contribution < 1.29 is 26.7 Å². The zero-order chi connectivity index (χ0) is 30.3. The molecule has 7 rings (SSSR count). The maximum atomic E-state index is 13.8. The normalized spacial score (nSPS) is 18.2. The predicted molar refractivity (Wildman–Crippen MR) is 157 cm³/mol. The van der Waals surface area contributed by atoms with Gasteiger partial charge in [-0.1, -0.05) is 0 Å². The number of sulfonamides is 1. The third-order valence-electron chi connectivity index (χ3n) is 8.97. The molecule has 4 aromatic rings. The number of hydrogen-bond acceptors (Lipinski definition) is 7. The molecule has 14 heteroatoms. The summed E-state index contributed by atoms with van der Waals surface area (Å²) in [5, 5.41) is 4.00. The van der Waals surface area contributed by atoms with Gasteiger partial charge in [-0.15, -0.1) is 0 Å². The minimum atomic E-state index is -4.26. The highest BCUT2D eigenvalue weighted by Gasteiger charge is 2.44. The number of halogens is 2. The third kappa shape index (κ3) is 4.71. The molecule has 4 aromatic heterocycles. The summed E-state index contributed by atoms with van der Waals surface area (Å²) in [6, 6.07) is 8.32. The lowest BCUT2D eigenvalue weighted by Crippen LogP contribution is -2.55. The van der Waals surface area contributed by atoms with Crippen LogP contribution in [0.4, 0.5) is 14.6 Å². The van der Waals surface area contributed by atoms with Gasteiger partial charge in [-0.3, -0.25) is 9.20 Å². The molecule has 6 heterocycles. The number of alkyl halides is 2. The van der Waals surface area contributed by atoms with Crippen LogP contribution in [0.2, 0.25) is 0 Å². The quantitative estimate of drug-likeness (QED) is 0.303. The molecule has 0 bridgehead atoms. The van der Waals surface area contributed by atoms with Gasteiger partial charge >= 0.3 is 6.55 Å². The summed E-state index contributed by atoms with van der Waals surface area (Å²) in [7, 11) is -2.71. The fourth-order valence-corrected chi connectivity index (χ4v) is 7.18. The molecule has 228 valence electrons. The van der Waals surface area contributed by atoms with E-state index < -0.39 is 16.6 Å². The SMILES string of the molecule is COc1cc(C(=O)N2CCC3(CNC3)C2)cc2nc(-c3cc4ccc(N(C(F)F)S(C)(=O)=O)nc4n3CC3CC3)c(C)n12. The first-order valence-electron chi connectivity index (χ1n) is 14.3. The zero-order valence-corrected chi connectivity index (χ0v) is 25.0. The van der Waals surface area contributed by atoms with E-state index in [1.165, 1.54) is 6.07 Å². The maximum absolute atomic E-state index is 13.8. The van der Waals surface area contributed by atoms with Crippen LogP contribution in [0.1, 0.15) is 35.3 Å². The summed E-state index contributed by atoms with van der Waals surface area (Å²) in [4.78, 5) is 24.8. The van der Waals surface area contributed by atoms with Crippen LogP contribution in [0, 0.1) is 18.3 Å². The summed E-state index contributed by atoms with van der Waals surface area (Å²) >= 11 is 0. The zero-order valence-electron chi connectivity index (χ0n) is 24.2. The average molecular weight is 614 g/mol. The Hall–Kier alpha value is -3.78. The molecule has 1 saturated carbocycles. The molecule has 43 heavy (non-hydrogen) atoms. The average Bonchev–Trinajstić information content (AvgIpc) is 3.37. The first kappa shape index (κ1) is 28.0. The molecule has 2 saturated heterocycles. The van der Waals surface area contributed by atoms with Gasteiger partial charge < -0.3 is 19.5 Å². The lowest BCUT2D eigenvalue weighted by molar-refractivity contribution is 0.0751. The topological polar surface area (TPSA) is 114 Å². The van der Waals surface area contributed by atoms with E-state index in [1.54, 1.807) is 25.3 Å². The van der Waals surface area contributed by atoms with Crippen molar-refractivity contribution in [2.24, 2.45) is 11.3 Å². The van der Waals surface area contributed by atoms with E-state index in [-0.39, 0.29) is 21.4 Å². The molecule has 0 radical (unpaired) electrons. The molecule has 0 unspecified atom stereocenters. The minimum absolute atomic E-state index is 0.0316. The highest BCUT2D eigenvalue weighted by Crippen LogP contribution is 2.39. The number of imidazole rings is 1. The Labute approximate surface area is 247 Å². The lowest BCUT2D eigenvalue weighted by Gasteiger charge is -2.39. The number of ether oxygens (including phenoxy) is 1. The Morgan fingerprint density at radius 2 is 1.98 bits per heavy atom. The van der Waals surface area contributed by atoms with Gasteiger partial charge in [0.25, 0.3) is 5.91 Å². The fraction of sp³-hybridized carbons (Fsp3) is 0.483. The van der Waals surface area contributed by atoms with Crippen LogP contribution >= 0.6 is 0 Å². The van der Waals surface area contributed by atoms with Crippen molar-refractivity contribution in [1.82, 2.24) is 29.2 Å². The number of carbonyl (C=O) groups is 1. The second-order valence-electron chi connectivity index (χ2n) is 12.1. The number of rotatable bonds is 8. The number of aryl methyl sites for hydroxylation is 1. The molecule has 2 aliphatic heterocycles. The second-order valence-corrected chi connectivity index (χ2v) is 14.0. The first-order valence-corrected chi connectivity index (χ1v) is 16.2. The van der Waals surface area contributed by atoms with Crippen LogP contribution in [-0.4, -0.2) is 84.3 Å². The van der Waals surface area contributed by atoms with Crippen LogP contribution in [0.15, 0.2) is 30.3 Å². The molecule has 3 fully saturated rings. The first-order chi connectivity index (χ1) is 20.5. The molecule has 1 spiro atoms. The number of hydrogen-bond donors (Lipinski definition) is 1. The predicted octanol–water partition coefficient (Wildman–Crippen LogP) is 3.50. The number of likely N-dealkylation sites (tertiary alicyclic amines) is 1. The van der Waals surface area contributed by atoms with Crippen molar-refractivity contribution in [1.29, 1.82) is 0 Å². The van der Waals surface area contributed by atoms with Gasteiger partial charge in [0, 0.05) is 55.2 Å². The Bertz CT molecular complexity index is 1880. The van der Waals surface area contributed by atoms with E-state index in [2.05, 4.69) is 10.3 Å². The van der Waals surface area contributed by atoms with Crippen molar-refractivity contribution in [3.63, 3.8) is 0 Å². The molecule has 11 nitrogen and oxygen atoms in total. The van der Waals surface area contributed by atoms with Crippen LogP contribution < -0.4 is 14.4 Å². The lowest BCUT2D eigenvalue weighted by atomic mass is 9.81. The molecule has 1 N–H and O–H groups in total. The third-order valence-corrected chi connectivity index (χ3v) is 10.0. The number of aromatic nitrogens is 4. The van der Waals surface area contributed by atoms with Crippen LogP contribution in [0.5, 0.6) is 5.88 Å². The van der Waals surface area contributed by atoms with Crippen molar-refractivity contribution in [3.05, 3.63) is 41.6 Å². The number of carbonyl (C=O) groups excluding carboxylic acids is 1. The Kier molecular flexibility index (Phi) is 6.43. The minimum Gasteiger partial charge on any atom is -0.482 e. The smallest absolute Gasteiger partial charge is 0.329 e. The van der Waals surface area contributed by atoms with Crippen LogP contribution in [0.3, 0.4) is 0 Å². The summed E-state index contributed by atoms with van der Waals surface area (Å²) in [5.41, 5.74) is 3.77. The monoisotopic (exact) mass is 613 g/mol. The number of nitrogens with zero attached hydrogens (tertiary/aromatic N) is 6. The van der Waals surface area contributed by atoms with Gasteiger partial charge in [0.2, 0.25) is 10.0 Å². The van der Waals surface area contributed by atoms with Gasteiger partial charge in [-0.25, -0.2) is 18.4 Å². The number of fused-ring (bicyclic) bond motifs is 2. The van der Waals surface area contributed by atoms with E-state index in [1.807, 2.05) is 26.9 Å². The fourth-order valence-electron chi connectivity index (χ4n) is 6.45. The number of amides is 1. The highest BCUT2D eigenvalue weighted by atomic mass is 32.2. The van der Waals surface area contributed by atoms with Crippen LogP contribution in [0.25, 0.3) is 28.1 Å². The summed E-state index contributed by atoms with van der Waals surface area (Å²) in [6.07, 6.45) is 3.78. The number of pyridine rings is 2.